The van der Waals surface area contributed by atoms with E-state index in [4.69, 9.17) is 0 Å². The molecule has 0 spiro atoms. The summed E-state index contributed by atoms with van der Waals surface area (Å²) in [6, 6.07) is 0.451. The van der Waals surface area contributed by atoms with Crippen molar-refractivity contribution in [1.29, 1.82) is 0 Å². The van der Waals surface area contributed by atoms with Crippen molar-refractivity contribution < 1.29 is 4.79 Å². The molecular formula is C15H28N2O. The maximum absolute atomic E-state index is 12.1. The monoisotopic (exact) mass is 252 g/mol. The van der Waals surface area contributed by atoms with Crippen molar-refractivity contribution in [3.8, 4) is 0 Å². The van der Waals surface area contributed by atoms with Crippen LogP contribution >= 0.6 is 0 Å². The third-order valence-corrected chi connectivity index (χ3v) is 4.56. The number of hydrogen-bond donors (Lipinski definition) is 2. The molecule has 1 saturated heterocycles. The van der Waals surface area contributed by atoms with Gasteiger partial charge in [-0.15, -0.1) is 0 Å². The zero-order valence-electron chi connectivity index (χ0n) is 11.7. The van der Waals surface area contributed by atoms with Gasteiger partial charge in [-0.1, -0.05) is 19.8 Å². The molecule has 1 aliphatic heterocycles. The Morgan fingerprint density at radius 1 is 1.22 bits per heavy atom. The third kappa shape index (κ3) is 3.98. The summed E-state index contributed by atoms with van der Waals surface area (Å²) in [5.41, 5.74) is 0. The van der Waals surface area contributed by atoms with Crippen LogP contribution in [0.5, 0.6) is 0 Å². The lowest BCUT2D eigenvalue weighted by atomic mass is 9.83. The van der Waals surface area contributed by atoms with E-state index < -0.39 is 0 Å². The van der Waals surface area contributed by atoms with Gasteiger partial charge in [0.05, 0.1) is 5.92 Å². The fourth-order valence-electron chi connectivity index (χ4n) is 3.40. The summed E-state index contributed by atoms with van der Waals surface area (Å²) in [7, 11) is 0. The Bertz CT molecular complexity index is 253. The summed E-state index contributed by atoms with van der Waals surface area (Å²) in [5.74, 6) is 1.42. The molecule has 0 aromatic rings. The number of amides is 1. The van der Waals surface area contributed by atoms with Gasteiger partial charge >= 0.3 is 0 Å². The van der Waals surface area contributed by atoms with E-state index >= 15 is 0 Å². The second-order valence-corrected chi connectivity index (χ2v) is 6.06. The van der Waals surface area contributed by atoms with E-state index in [1.54, 1.807) is 0 Å². The molecule has 2 rings (SSSR count). The molecular weight excluding hydrogens is 224 g/mol. The van der Waals surface area contributed by atoms with Gasteiger partial charge in [0.15, 0.2) is 0 Å². The van der Waals surface area contributed by atoms with Crippen molar-refractivity contribution in [2.24, 2.45) is 11.8 Å². The van der Waals surface area contributed by atoms with Crippen molar-refractivity contribution in [2.75, 3.05) is 13.1 Å². The zero-order valence-corrected chi connectivity index (χ0v) is 11.7. The second kappa shape index (κ2) is 7.13. The van der Waals surface area contributed by atoms with Crippen LogP contribution in [0.3, 0.4) is 0 Å². The highest BCUT2D eigenvalue weighted by atomic mass is 16.2. The molecule has 104 valence electrons. The van der Waals surface area contributed by atoms with Gasteiger partial charge in [0, 0.05) is 12.6 Å². The predicted molar refractivity (Wildman–Crippen MR) is 74.4 cm³/mol. The lowest BCUT2D eigenvalue weighted by Gasteiger charge is -2.31. The van der Waals surface area contributed by atoms with Gasteiger partial charge in [-0.25, -0.2) is 0 Å². The van der Waals surface area contributed by atoms with Crippen LogP contribution in [-0.4, -0.2) is 25.0 Å². The van der Waals surface area contributed by atoms with Crippen LogP contribution < -0.4 is 10.6 Å². The first-order valence-corrected chi connectivity index (χ1v) is 7.80. The first-order chi connectivity index (χ1) is 8.79. The average Bonchev–Trinajstić information content (AvgIpc) is 2.42. The molecule has 1 saturated carbocycles. The number of rotatable bonds is 4. The highest BCUT2D eigenvalue weighted by Gasteiger charge is 2.26. The zero-order chi connectivity index (χ0) is 12.8. The van der Waals surface area contributed by atoms with E-state index in [1.165, 1.54) is 38.5 Å². The highest BCUT2D eigenvalue weighted by Crippen LogP contribution is 2.28. The van der Waals surface area contributed by atoms with E-state index in [-0.39, 0.29) is 5.92 Å². The van der Waals surface area contributed by atoms with E-state index in [2.05, 4.69) is 17.6 Å². The van der Waals surface area contributed by atoms with Crippen LogP contribution in [0.25, 0.3) is 0 Å². The molecule has 2 fully saturated rings. The first-order valence-electron chi connectivity index (χ1n) is 7.80. The molecule has 0 aromatic carbocycles. The maximum Gasteiger partial charge on any atom is 0.224 e. The van der Waals surface area contributed by atoms with E-state index in [0.717, 1.165) is 31.8 Å². The predicted octanol–water partition coefficient (Wildman–Crippen LogP) is 2.46. The maximum atomic E-state index is 12.1. The minimum Gasteiger partial charge on any atom is -0.353 e. The minimum absolute atomic E-state index is 0.215. The Kier molecular flexibility index (Phi) is 5.48. The molecule has 0 bridgehead atoms. The van der Waals surface area contributed by atoms with Gasteiger partial charge in [-0.05, 0) is 51.0 Å². The third-order valence-electron chi connectivity index (χ3n) is 4.56. The Morgan fingerprint density at radius 2 is 2.00 bits per heavy atom. The molecule has 3 nitrogen and oxygen atoms in total. The fourth-order valence-corrected chi connectivity index (χ4v) is 3.40. The van der Waals surface area contributed by atoms with Crippen molar-refractivity contribution in [3.05, 3.63) is 0 Å². The van der Waals surface area contributed by atoms with Crippen LogP contribution in [0.15, 0.2) is 0 Å². The van der Waals surface area contributed by atoms with Gasteiger partial charge in [0.1, 0.15) is 0 Å². The van der Waals surface area contributed by atoms with E-state index in [1.807, 2.05) is 0 Å². The summed E-state index contributed by atoms with van der Waals surface area (Å²) in [6.45, 7) is 4.22. The quantitative estimate of drug-likeness (QED) is 0.807. The van der Waals surface area contributed by atoms with Crippen LogP contribution in [0.1, 0.15) is 58.3 Å². The average molecular weight is 252 g/mol. The summed E-state index contributed by atoms with van der Waals surface area (Å²) in [4.78, 5) is 12.1. The van der Waals surface area contributed by atoms with Gasteiger partial charge < -0.3 is 10.6 Å². The van der Waals surface area contributed by atoms with E-state index in [9.17, 15) is 4.79 Å². The Balaban J connectivity index is 1.68. The smallest absolute Gasteiger partial charge is 0.224 e. The van der Waals surface area contributed by atoms with Crippen LogP contribution in [-0.2, 0) is 4.79 Å². The molecule has 3 heteroatoms. The van der Waals surface area contributed by atoms with Crippen molar-refractivity contribution in [2.45, 2.75) is 64.3 Å². The number of hydrogen-bond acceptors (Lipinski definition) is 2. The fraction of sp³-hybridized carbons (Fsp3) is 0.933. The first kappa shape index (κ1) is 13.9. The molecule has 0 radical (unpaired) electrons. The van der Waals surface area contributed by atoms with Crippen molar-refractivity contribution in [3.63, 3.8) is 0 Å². The van der Waals surface area contributed by atoms with Gasteiger partial charge in [0.25, 0.3) is 0 Å². The van der Waals surface area contributed by atoms with E-state index in [0.29, 0.717) is 11.9 Å². The Hall–Kier alpha value is -0.570. The SMILES string of the molecule is CCCC1CCC(NC(=O)[C@H]2CCCNC2)CC1. The highest BCUT2D eigenvalue weighted by molar-refractivity contribution is 5.79. The molecule has 1 atom stereocenters. The summed E-state index contributed by atoms with van der Waals surface area (Å²) in [6.07, 6.45) is 9.87. The Labute approximate surface area is 111 Å². The normalized spacial score (nSPS) is 33.1. The Morgan fingerprint density at radius 3 is 2.61 bits per heavy atom. The molecule has 2 N–H and O–H groups in total. The molecule has 1 aliphatic carbocycles. The molecule has 18 heavy (non-hydrogen) atoms. The molecule has 2 aliphatic rings. The molecule has 0 aromatic heterocycles. The summed E-state index contributed by atoms with van der Waals surface area (Å²) in [5, 5.41) is 6.59. The molecule has 1 heterocycles. The van der Waals surface area contributed by atoms with Gasteiger partial charge in [0.2, 0.25) is 5.91 Å². The van der Waals surface area contributed by atoms with Crippen LogP contribution in [0, 0.1) is 11.8 Å². The number of piperidine rings is 1. The standard InChI is InChI=1S/C15H28N2O/c1-2-4-12-6-8-14(9-7-12)17-15(18)13-5-3-10-16-11-13/h12-14,16H,2-11H2,1H3,(H,17,18)/t12?,13-,14?/m0/s1. The van der Waals surface area contributed by atoms with Crippen molar-refractivity contribution >= 4 is 5.91 Å². The van der Waals surface area contributed by atoms with Gasteiger partial charge in [-0.3, -0.25) is 4.79 Å². The topological polar surface area (TPSA) is 41.1 Å². The number of carbonyl (C=O) groups excluding carboxylic acids is 1. The van der Waals surface area contributed by atoms with Crippen LogP contribution in [0.2, 0.25) is 0 Å². The molecule has 0 unspecified atom stereocenters. The lowest BCUT2D eigenvalue weighted by Crippen LogP contribution is -2.45. The number of carbonyl (C=O) groups is 1. The second-order valence-electron chi connectivity index (χ2n) is 6.06. The van der Waals surface area contributed by atoms with Crippen molar-refractivity contribution in [1.82, 2.24) is 10.6 Å². The largest absolute Gasteiger partial charge is 0.353 e. The minimum atomic E-state index is 0.215. The lowest BCUT2D eigenvalue weighted by molar-refractivity contribution is -0.126. The van der Waals surface area contributed by atoms with Crippen LogP contribution in [0.4, 0.5) is 0 Å². The van der Waals surface area contributed by atoms with Gasteiger partial charge in [-0.2, -0.15) is 0 Å². The summed E-state index contributed by atoms with van der Waals surface area (Å²) >= 11 is 0. The molecule has 1 amide bonds. The summed E-state index contributed by atoms with van der Waals surface area (Å²) < 4.78 is 0. The number of nitrogens with one attached hydrogen (secondary N) is 2.